The minimum absolute atomic E-state index is 0.0955. The number of benzene rings is 1. The summed E-state index contributed by atoms with van der Waals surface area (Å²) >= 11 is 0. The first-order valence-corrected chi connectivity index (χ1v) is 9.39. The number of alkyl halides is 6. The Kier molecular flexibility index (Phi) is 5.38. The Morgan fingerprint density at radius 2 is 1.52 bits per heavy atom. The summed E-state index contributed by atoms with van der Waals surface area (Å²) in [6.45, 7) is 2.73. The molecule has 11 heteroatoms. The van der Waals surface area contributed by atoms with Crippen LogP contribution in [0.1, 0.15) is 11.1 Å². The number of nitrogens with one attached hydrogen (secondary N) is 2. The molecule has 31 heavy (non-hydrogen) atoms. The van der Waals surface area contributed by atoms with Crippen molar-refractivity contribution in [3.63, 3.8) is 0 Å². The molecule has 0 spiro atoms. The highest BCUT2D eigenvalue weighted by molar-refractivity contribution is 5.94. The lowest BCUT2D eigenvalue weighted by atomic mass is 10.1. The van der Waals surface area contributed by atoms with Crippen molar-refractivity contribution < 1.29 is 26.3 Å². The Labute approximate surface area is 173 Å². The average Bonchev–Trinajstić information content (AvgIpc) is 2.72. The number of piperazine rings is 1. The molecule has 0 amide bonds. The van der Waals surface area contributed by atoms with Crippen LogP contribution in [0.5, 0.6) is 0 Å². The SMILES string of the molecule is FC(F)(F)c1ccc(Nc2cc(N3CCNCC3)c3ccc(C(F)(F)F)cc3n2)nc1. The Hall–Kier alpha value is -3.08. The molecular weight excluding hydrogens is 424 g/mol. The van der Waals surface area contributed by atoms with Gasteiger partial charge in [-0.2, -0.15) is 26.3 Å². The van der Waals surface area contributed by atoms with E-state index in [0.717, 1.165) is 24.3 Å². The number of nitrogens with zero attached hydrogens (tertiary/aromatic N) is 3. The molecule has 2 N–H and O–H groups in total. The number of hydrogen-bond donors (Lipinski definition) is 2. The largest absolute Gasteiger partial charge is 0.417 e. The van der Waals surface area contributed by atoms with E-state index in [1.54, 1.807) is 6.07 Å². The van der Waals surface area contributed by atoms with Crippen molar-refractivity contribution in [2.45, 2.75) is 12.4 Å². The zero-order chi connectivity index (χ0) is 22.2. The van der Waals surface area contributed by atoms with Crippen molar-refractivity contribution in [3.8, 4) is 0 Å². The summed E-state index contributed by atoms with van der Waals surface area (Å²) in [5.74, 6) is 0.283. The van der Waals surface area contributed by atoms with Gasteiger partial charge in [-0.25, -0.2) is 9.97 Å². The molecule has 5 nitrogen and oxygen atoms in total. The van der Waals surface area contributed by atoms with Crippen LogP contribution in [0.4, 0.5) is 43.7 Å². The molecule has 1 aromatic carbocycles. The lowest BCUT2D eigenvalue weighted by Crippen LogP contribution is -2.43. The molecule has 1 aliphatic heterocycles. The lowest BCUT2D eigenvalue weighted by molar-refractivity contribution is -0.138. The third-order valence-electron chi connectivity index (χ3n) is 4.92. The van der Waals surface area contributed by atoms with Gasteiger partial charge in [0.05, 0.1) is 16.6 Å². The van der Waals surface area contributed by atoms with E-state index in [2.05, 4.69) is 20.6 Å². The van der Waals surface area contributed by atoms with Crippen LogP contribution in [0.15, 0.2) is 42.6 Å². The van der Waals surface area contributed by atoms with E-state index in [1.807, 2.05) is 4.90 Å². The van der Waals surface area contributed by atoms with Crippen LogP contribution in [0.3, 0.4) is 0 Å². The van der Waals surface area contributed by atoms with Gasteiger partial charge < -0.3 is 15.5 Å². The fraction of sp³-hybridized carbons (Fsp3) is 0.300. The topological polar surface area (TPSA) is 53.1 Å². The fourth-order valence-corrected chi connectivity index (χ4v) is 3.38. The van der Waals surface area contributed by atoms with E-state index in [1.165, 1.54) is 6.07 Å². The van der Waals surface area contributed by atoms with Gasteiger partial charge in [0, 0.05) is 49.5 Å². The van der Waals surface area contributed by atoms with E-state index < -0.39 is 23.5 Å². The molecule has 1 fully saturated rings. The second-order valence-electron chi connectivity index (χ2n) is 7.05. The van der Waals surface area contributed by atoms with Crippen molar-refractivity contribution in [1.29, 1.82) is 0 Å². The summed E-state index contributed by atoms with van der Waals surface area (Å²) in [4.78, 5) is 10.0. The van der Waals surface area contributed by atoms with Gasteiger partial charge in [0.15, 0.2) is 0 Å². The molecule has 2 aromatic heterocycles. The lowest BCUT2D eigenvalue weighted by Gasteiger charge is -2.30. The first-order valence-electron chi connectivity index (χ1n) is 9.39. The molecule has 3 aromatic rings. The van der Waals surface area contributed by atoms with E-state index >= 15 is 0 Å². The van der Waals surface area contributed by atoms with E-state index in [-0.39, 0.29) is 17.2 Å². The first-order chi connectivity index (χ1) is 14.6. The summed E-state index contributed by atoms with van der Waals surface area (Å²) in [5, 5.41) is 6.57. The maximum Gasteiger partial charge on any atom is 0.417 e. The number of halogens is 6. The Morgan fingerprint density at radius 1 is 0.839 bits per heavy atom. The van der Waals surface area contributed by atoms with Crippen LogP contribution >= 0.6 is 0 Å². The number of aromatic nitrogens is 2. The standard InChI is InChI=1S/C20H17F6N5/c21-19(22,23)12-1-3-14-15(9-12)29-18(10-16(14)31-7-5-27-6-8-31)30-17-4-2-13(11-28-17)20(24,25)26/h1-4,9-11,27H,5-8H2,(H,28,29,30). The quantitative estimate of drug-likeness (QED) is 0.571. The van der Waals surface area contributed by atoms with Crippen LogP contribution < -0.4 is 15.5 Å². The molecule has 0 radical (unpaired) electrons. The van der Waals surface area contributed by atoms with Gasteiger partial charge in [0.25, 0.3) is 0 Å². The molecule has 4 rings (SSSR count). The smallest absolute Gasteiger partial charge is 0.368 e. The molecule has 164 valence electrons. The van der Waals surface area contributed by atoms with E-state index in [4.69, 9.17) is 0 Å². The molecule has 1 saturated heterocycles. The normalized spacial score (nSPS) is 15.4. The molecule has 0 bridgehead atoms. The van der Waals surface area contributed by atoms with Crippen molar-refractivity contribution in [1.82, 2.24) is 15.3 Å². The number of rotatable bonds is 3. The van der Waals surface area contributed by atoms with Gasteiger partial charge >= 0.3 is 12.4 Å². The van der Waals surface area contributed by atoms with Crippen molar-refractivity contribution >= 4 is 28.2 Å². The molecule has 0 unspecified atom stereocenters. The average molecular weight is 441 g/mol. The van der Waals surface area contributed by atoms with Crippen molar-refractivity contribution in [2.75, 3.05) is 36.4 Å². The predicted octanol–water partition coefficient (Wildman–Crippen LogP) is 4.82. The maximum atomic E-state index is 13.2. The maximum absolute atomic E-state index is 13.2. The zero-order valence-corrected chi connectivity index (χ0v) is 16.0. The van der Waals surface area contributed by atoms with Crippen LogP contribution in [-0.2, 0) is 12.4 Å². The van der Waals surface area contributed by atoms with Crippen molar-refractivity contribution in [3.05, 3.63) is 53.7 Å². The second kappa shape index (κ2) is 7.88. The van der Waals surface area contributed by atoms with Crippen molar-refractivity contribution in [2.24, 2.45) is 0 Å². The van der Waals surface area contributed by atoms with Gasteiger partial charge in [0.1, 0.15) is 11.6 Å². The molecular formula is C20H17F6N5. The third-order valence-corrected chi connectivity index (χ3v) is 4.92. The highest BCUT2D eigenvalue weighted by atomic mass is 19.4. The van der Waals surface area contributed by atoms with E-state index in [9.17, 15) is 26.3 Å². The number of fused-ring (bicyclic) bond motifs is 1. The molecule has 0 saturated carbocycles. The molecule has 0 atom stereocenters. The number of hydrogen-bond acceptors (Lipinski definition) is 5. The minimum atomic E-state index is -4.52. The zero-order valence-electron chi connectivity index (χ0n) is 16.0. The Bertz CT molecular complexity index is 1070. The minimum Gasteiger partial charge on any atom is -0.368 e. The summed E-state index contributed by atoms with van der Waals surface area (Å²) < 4.78 is 77.8. The van der Waals surface area contributed by atoms with Gasteiger partial charge in [-0.05, 0) is 24.3 Å². The Balaban J connectivity index is 1.75. The van der Waals surface area contributed by atoms with Gasteiger partial charge in [0.2, 0.25) is 0 Å². The highest BCUT2D eigenvalue weighted by Crippen LogP contribution is 2.36. The summed E-state index contributed by atoms with van der Waals surface area (Å²) in [7, 11) is 0. The van der Waals surface area contributed by atoms with Gasteiger partial charge in [-0.15, -0.1) is 0 Å². The van der Waals surface area contributed by atoms with Crippen LogP contribution in [0.2, 0.25) is 0 Å². The second-order valence-corrected chi connectivity index (χ2v) is 7.05. The summed E-state index contributed by atoms with van der Waals surface area (Å²) in [5.41, 5.74) is -0.917. The van der Waals surface area contributed by atoms with E-state index in [0.29, 0.717) is 43.4 Å². The van der Waals surface area contributed by atoms with Crippen LogP contribution in [-0.4, -0.2) is 36.1 Å². The van der Waals surface area contributed by atoms with Crippen LogP contribution in [0.25, 0.3) is 10.9 Å². The highest BCUT2D eigenvalue weighted by Gasteiger charge is 2.32. The monoisotopic (exact) mass is 441 g/mol. The first kappa shape index (κ1) is 21.2. The molecule has 3 heterocycles. The van der Waals surface area contributed by atoms with Gasteiger partial charge in [-0.1, -0.05) is 6.07 Å². The number of anilines is 3. The number of pyridine rings is 2. The van der Waals surface area contributed by atoms with Gasteiger partial charge in [-0.3, -0.25) is 0 Å². The fourth-order valence-electron chi connectivity index (χ4n) is 3.38. The molecule has 1 aliphatic rings. The summed E-state index contributed by atoms with van der Waals surface area (Å²) in [6.07, 6.45) is -8.36. The van der Waals surface area contributed by atoms with Crippen LogP contribution in [0, 0.1) is 0 Å². The predicted molar refractivity (Wildman–Crippen MR) is 104 cm³/mol. The summed E-state index contributed by atoms with van der Waals surface area (Å²) in [6, 6.07) is 7.05. The molecule has 0 aliphatic carbocycles. The Morgan fingerprint density at radius 3 is 2.13 bits per heavy atom. The third kappa shape index (κ3) is 4.66.